The summed E-state index contributed by atoms with van der Waals surface area (Å²) < 4.78 is 0.687. The number of amides is 2. The Balaban J connectivity index is 1.65. The number of aliphatic hydroxyl groups excluding tert-OH is 1. The van der Waals surface area contributed by atoms with E-state index in [4.69, 9.17) is 0 Å². The third-order valence-corrected chi connectivity index (χ3v) is 7.78. The number of Topliss-reactive ketones (excluding diaryl/α,β-unsaturated/α-hetero) is 1. The van der Waals surface area contributed by atoms with Crippen LogP contribution in [0.15, 0.2) is 93.0 Å². The number of phenols is 1. The number of nitrogens with one attached hydrogen (secondary N) is 1. The molecule has 0 radical (unpaired) electrons. The predicted octanol–water partition coefficient (Wildman–Crippen LogP) is 3.90. The molecule has 12 nitrogen and oxygen atoms in total. The molecule has 2 amide bonds. The van der Waals surface area contributed by atoms with Crippen molar-refractivity contribution in [1.82, 2.24) is 5.32 Å². The Labute approximate surface area is 238 Å². The summed E-state index contributed by atoms with van der Waals surface area (Å²) in [4.78, 5) is 49.7. The van der Waals surface area contributed by atoms with Gasteiger partial charge >= 0.3 is 5.91 Å². The van der Waals surface area contributed by atoms with Crippen LogP contribution in [0.1, 0.15) is 11.1 Å². The van der Waals surface area contributed by atoms with Gasteiger partial charge in [-0.25, -0.2) is 0 Å². The number of para-hydroxylation sites is 3. The third-order valence-electron chi connectivity index (χ3n) is 6.01. The van der Waals surface area contributed by atoms with Crippen LogP contribution in [0.4, 0.5) is 11.4 Å². The van der Waals surface area contributed by atoms with Crippen LogP contribution < -0.4 is 10.2 Å². The Morgan fingerprint density at radius 1 is 1.05 bits per heavy atom. The maximum atomic E-state index is 13.6. The van der Waals surface area contributed by atoms with E-state index in [1.54, 1.807) is 18.2 Å². The highest BCUT2D eigenvalue weighted by atomic mass is 79.9. The van der Waals surface area contributed by atoms with E-state index < -0.39 is 38.7 Å². The number of hydrogen-bond donors (Lipinski definition) is 3. The van der Waals surface area contributed by atoms with Gasteiger partial charge in [-0.2, -0.15) is 5.10 Å². The molecule has 2 aliphatic rings. The standard InChI is InChI=1S/C26H16BrN5O7S/c27-16-11-9-14(10-12-16)21(34)20-22(35)23(36)31(18-7-3-4-8-19(18)33)26(20)24(37)29-25(40-26)30-28-13-15-5-1-2-6-17(15)32(38)39/h1-13,33-34H,(H,29,30,37)/b21-20-,28-13?. The number of carbonyl (C=O) groups is 3. The molecule has 3 aromatic rings. The Kier molecular flexibility index (Phi) is 6.95. The molecule has 5 rings (SSSR count). The van der Waals surface area contributed by atoms with Crippen molar-refractivity contribution < 1.29 is 29.5 Å². The van der Waals surface area contributed by atoms with Gasteiger partial charge in [-0.3, -0.25) is 29.4 Å². The zero-order chi connectivity index (χ0) is 28.6. The molecule has 14 heteroatoms. The molecule has 2 aliphatic heterocycles. The van der Waals surface area contributed by atoms with Crippen molar-refractivity contribution in [2.75, 3.05) is 4.90 Å². The van der Waals surface area contributed by atoms with E-state index >= 15 is 0 Å². The lowest BCUT2D eigenvalue weighted by atomic mass is 9.99. The quantitative estimate of drug-likeness (QED) is 0.0959. The predicted molar refractivity (Wildman–Crippen MR) is 151 cm³/mol. The van der Waals surface area contributed by atoms with E-state index in [-0.39, 0.29) is 33.4 Å². The number of thioether (sulfide) groups is 1. The van der Waals surface area contributed by atoms with Crippen LogP contribution >= 0.6 is 27.7 Å². The molecular weight excluding hydrogens is 606 g/mol. The van der Waals surface area contributed by atoms with Crippen LogP contribution in [0.25, 0.3) is 5.76 Å². The van der Waals surface area contributed by atoms with E-state index in [2.05, 4.69) is 31.4 Å². The van der Waals surface area contributed by atoms with Gasteiger partial charge in [-0.05, 0) is 42.1 Å². The van der Waals surface area contributed by atoms with Crippen molar-refractivity contribution in [3.63, 3.8) is 0 Å². The molecule has 0 aromatic heterocycles. The average Bonchev–Trinajstić information content (AvgIpc) is 3.36. The summed E-state index contributed by atoms with van der Waals surface area (Å²) in [6, 6.07) is 17.6. The van der Waals surface area contributed by atoms with E-state index in [1.165, 1.54) is 54.6 Å². The Hall–Kier alpha value is -4.82. The lowest BCUT2D eigenvalue weighted by Crippen LogP contribution is -2.50. The lowest BCUT2D eigenvalue weighted by molar-refractivity contribution is -0.385. The van der Waals surface area contributed by atoms with Gasteiger partial charge in [0.05, 0.1) is 28.0 Å². The Morgan fingerprint density at radius 3 is 2.42 bits per heavy atom. The number of nitro groups is 1. The van der Waals surface area contributed by atoms with E-state index in [0.29, 0.717) is 16.2 Å². The number of nitrogens with zero attached hydrogens (tertiary/aromatic N) is 4. The van der Waals surface area contributed by atoms with Gasteiger partial charge in [0, 0.05) is 16.1 Å². The van der Waals surface area contributed by atoms with Gasteiger partial charge in [-0.15, -0.1) is 5.10 Å². The second kappa shape index (κ2) is 10.4. The summed E-state index contributed by atoms with van der Waals surface area (Å²) in [5, 5.41) is 43.2. The molecule has 2 heterocycles. The fourth-order valence-corrected chi connectivity index (χ4v) is 5.71. The topological polar surface area (TPSA) is 175 Å². The van der Waals surface area contributed by atoms with Crippen LogP contribution in [0.3, 0.4) is 0 Å². The fraction of sp³-hybridized carbons (Fsp3) is 0.0385. The first-order valence-electron chi connectivity index (χ1n) is 11.4. The number of rotatable bonds is 5. The zero-order valence-corrected chi connectivity index (χ0v) is 22.4. The van der Waals surface area contributed by atoms with E-state index in [0.717, 1.165) is 11.1 Å². The van der Waals surface area contributed by atoms with Gasteiger partial charge in [0.25, 0.3) is 17.4 Å². The summed E-state index contributed by atoms with van der Waals surface area (Å²) in [6.45, 7) is 0. The largest absolute Gasteiger partial charge is 0.507 e. The molecule has 2 saturated heterocycles. The lowest BCUT2D eigenvalue weighted by Gasteiger charge is -2.31. The first-order valence-corrected chi connectivity index (χ1v) is 13.0. The number of amidine groups is 1. The first kappa shape index (κ1) is 26.8. The maximum Gasteiger partial charge on any atom is 0.301 e. The number of halogens is 1. The monoisotopic (exact) mass is 621 g/mol. The molecule has 0 bridgehead atoms. The maximum absolute atomic E-state index is 13.6. The van der Waals surface area contributed by atoms with Gasteiger partial charge < -0.3 is 15.5 Å². The molecule has 0 saturated carbocycles. The summed E-state index contributed by atoms with van der Waals surface area (Å²) >= 11 is 3.90. The normalized spacial score (nSPS) is 21.1. The highest BCUT2D eigenvalue weighted by molar-refractivity contribution is 9.10. The Morgan fingerprint density at radius 2 is 1.73 bits per heavy atom. The highest BCUT2D eigenvalue weighted by Gasteiger charge is 2.66. The number of phenolic OH excluding ortho intramolecular Hbond substituents is 1. The minimum atomic E-state index is -2.20. The number of aliphatic hydroxyl groups is 1. The molecule has 2 fully saturated rings. The van der Waals surface area contributed by atoms with Crippen LogP contribution in [0.5, 0.6) is 5.75 Å². The minimum Gasteiger partial charge on any atom is -0.507 e. The van der Waals surface area contributed by atoms with Crippen molar-refractivity contribution in [3.05, 3.63) is 104 Å². The zero-order valence-electron chi connectivity index (χ0n) is 20.0. The average molecular weight is 622 g/mol. The molecule has 40 heavy (non-hydrogen) atoms. The first-order chi connectivity index (χ1) is 19.1. The number of anilines is 1. The Bertz CT molecular complexity index is 1690. The van der Waals surface area contributed by atoms with E-state index in [1.807, 2.05) is 0 Å². The van der Waals surface area contributed by atoms with Crippen molar-refractivity contribution >= 4 is 73.8 Å². The fourth-order valence-electron chi connectivity index (χ4n) is 4.23. The molecule has 200 valence electrons. The van der Waals surface area contributed by atoms with Gasteiger partial charge in [0.2, 0.25) is 4.87 Å². The molecule has 1 atom stereocenters. The van der Waals surface area contributed by atoms with Crippen LogP contribution in [0.2, 0.25) is 0 Å². The van der Waals surface area contributed by atoms with Crippen LogP contribution in [-0.4, -0.2) is 49.0 Å². The summed E-state index contributed by atoms with van der Waals surface area (Å²) in [5.74, 6) is -4.22. The summed E-state index contributed by atoms with van der Waals surface area (Å²) in [5.41, 5.74) is -0.582. The molecular formula is C26H16BrN5O7S. The number of aromatic hydroxyl groups is 1. The third kappa shape index (κ3) is 4.42. The summed E-state index contributed by atoms with van der Waals surface area (Å²) in [6.07, 6.45) is 1.12. The van der Waals surface area contributed by atoms with Gasteiger partial charge in [0.1, 0.15) is 11.5 Å². The molecule has 1 unspecified atom stereocenters. The van der Waals surface area contributed by atoms with Crippen molar-refractivity contribution in [1.29, 1.82) is 0 Å². The number of nitro benzene ring substituents is 1. The second-order valence-electron chi connectivity index (χ2n) is 8.35. The van der Waals surface area contributed by atoms with Gasteiger partial charge in [-0.1, -0.05) is 52.3 Å². The number of benzene rings is 3. The number of hydrogen-bond acceptors (Lipinski definition) is 10. The van der Waals surface area contributed by atoms with Crippen molar-refractivity contribution in [2.45, 2.75) is 4.87 Å². The van der Waals surface area contributed by atoms with Crippen molar-refractivity contribution in [2.24, 2.45) is 10.2 Å². The van der Waals surface area contributed by atoms with Crippen LogP contribution in [-0.2, 0) is 14.4 Å². The smallest absolute Gasteiger partial charge is 0.301 e. The highest BCUT2D eigenvalue weighted by Crippen LogP contribution is 2.52. The minimum absolute atomic E-state index is 0.147. The molecule has 0 aliphatic carbocycles. The molecule has 3 N–H and O–H groups in total. The van der Waals surface area contributed by atoms with Crippen molar-refractivity contribution in [3.8, 4) is 5.75 Å². The molecule has 3 aromatic carbocycles. The van der Waals surface area contributed by atoms with E-state index in [9.17, 15) is 34.7 Å². The number of ketones is 1. The second-order valence-corrected chi connectivity index (χ2v) is 10.5. The van der Waals surface area contributed by atoms with Crippen LogP contribution in [0, 0.1) is 10.1 Å². The summed E-state index contributed by atoms with van der Waals surface area (Å²) in [7, 11) is 0. The number of carbonyl (C=O) groups excluding carboxylic acids is 3. The SMILES string of the molecule is O=C1C(=O)N(c2ccccc2O)C2(SC(=NN=Cc3ccccc3[N+](=O)[O-])NC2=O)/C1=C(\O)c1ccc(Br)cc1. The van der Waals surface area contributed by atoms with Gasteiger partial charge in [0.15, 0.2) is 5.17 Å². The molecule has 1 spiro atoms.